The van der Waals surface area contributed by atoms with E-state index in [1.165, 1.54) is 45.1 Å². The predicted molar refractivity (Wildman–Crippen MR) is 70.8 cm³/mol. The van der Waals surface area contributed by atoms with Crippen molar-refractivity contribution in [3.8, 4) is 0 Å². The van der Waals surface area contributed by atoms with E-state index in [2.05, 4.69) is 32.7 Å². The molecule has 0 saturated heterocycles. The molecule has 0 radical (unpaired) electrons. The second kappa shape index (κ2) is 8.41. The van der Waals surface area contributed by atoms with E-state index >= 15 is 0 Å². The number of hydrogen-bond acceptors (Lipinski definition) is 1. The van der Waals surface area contributed by atoms with Crippen molar-refractivity contribution in [3.05, 3.63) is 0 Å². The summed E-state index contributed by atoms with van der Waals surface area (Å²) in [7, 11) is 2.18. The lowest BCUT2D eigenvalue weighted by molar-refractivity contribution is 0.175. The molecular formula is C13H28ClN. The molecule has 0 bridgehead atoms. The molecule has 0 amide bonds. The molecule has 0 heterocycles. The van der Waals surface area contributed by atoms with Crippen molar-refractivity contribution in [2.75, 3.05) is 19.5 Å². The molecule has 2 heteroatoms. The minimum Gasteiger partial charge on any atom is -0.300 e. The van der Waals surface area contributed by atoms with Crippen molar-refractivity contribution in [2.24, 2.45) is 0 Å². The number of alkyl halides is 1. The van der Waals surface area contributed by atoms with Gasteiger partial charge >= 0.3 is 0 Å². The summed E-state index contributed by atoms with van der Waals surface area (Å²) < 4.78 is 0. The van der Waals surface area contributed by atoms with Gasteiger partial charge in [-0.25, -0.2) is 0 Å². The first-order valence-corrected chi connectivity index (χ1v) is 6.85. The molecule has 0 spiro atoms. The Bertz CT molecular complexity index is 145. The molecule has 0 aliphatic heterocycles. The van der Waals surface area contributed by atoms with E-state index in [0.717, 1.165) is 0 Å². The fourth-order valence-electron chi connectivity index (χ4n) is 1.53. The highest BCUT2D eigenvalue weighted by Crippen LogP contribution is 2.15. The highest BCUT2D eigenvalue weighted by atomic mass is 35.5. The van der Waals surface area contributed by atoms with Crippen LogP contribution in [0.25, 0.3) is 0 Å². The largest absolute Gasteiger partial charge is 0.300 e. The van der Waals surface area contributed by atoms with Crippen LogP contribution in [0, 0.1) is 0 Å². The molecule has 0 atom stereocenters. The van der Waals surface area contributed by atoms with Crippen molar-refractivity contribution in [2.45, 2.75) is 64.8 Å². The van der Waals surface area contributed by atoms with Gasteiger partial charge in [0.1, 0.15) is 0 Å². The molecule has 0 aromatic rings. The molecule has 0 rings (SSSR count). The highest BCUT2D eigenvalue weighted by molar-refractivity contribution is 6.18. The number of hydrogen-bond donors (Lipinski definition) is 0. The Balaban J connectivity index is 3.43. The van der Waals surface area contributed by atoms with E-state index in [-0.39, 0.29) is 5.54 Å². The SMILES string of the molecule is CCCCCCCCN(C)C(C)(C)CCl. The van der Waals surface area contributed by atoms with Crippen molar-refractivity contribution in [1.82, 2.24) is 4.90 Å². The van der Waals surface area contributed by atoms with Gasteiger partial charge in [-0.05, 0) is 33.9 Å². The van der Waals surface area contributed by atoms with Crippen LogP contribution in [0.3, 0.4) is 0 Å². The molecule has 1 nitrogen and oxygen atoms in total. The average Bonchev–Trinajstić information content (AvgIpc) is 2.22. The summed E-state index contributed by atoms with van der Waals surface area (Å²) >= 11 is 5.93. The molecule has 92 valence electrons. The minimum absolute atomic E-state index is 0.144. The van der Waals surface area contributed by atoms with Gasteiger partial charge in [-0.2, -0.15) is 0 Å². The molecule has 0 fully saturated rings. The van der Waals surface area contributed by atoms with Gasteiger partial charge in [-0.1, -0.05) is 39.0 Å². The monoisotopic (exact) mass is 233 g/mol. The van der Waals surface area contributed by atoms with Crippen LogP contribution in [0.4, 0.5) is 0 Å². The number of nitrogens with zero attached hydrogens (tertiary/aromatic N) is 1. The predicted octanol–water partition coefficient (Wildman–Crippen LogP) is 4.30. The first-order valence-electron chi connectivity index (χ1n) is 6.31. The molecule has 0 aromatic carbocycles. The summed E-state index contributed by atoms with van der Waals surface area (Å²) in [6, 6.07) is 0. The Morgan fingerprint density at radius 3 is 2.07 bits per heavy atom. The fraction of sp³-hybridized carbons (Fsp3) is 1.00. The van der Waals surface area contributed by atoms with E-state index < -0.39 is 0 Å². The average molecular weight is 234 g/mol. The Hall–Kier alpha value is 0.250. The first kappa shape index (κ1) is 15.2. The minimum atomic E-state index is 0.144. The summed E-state index contributed by atoms with van der Waals surface area (Å²) in [5.41, 5.74) is 0.144. The van der Waals surface area contributed by atoms with E-state index in [1.54, 1.807) is 0 Å². The Kier molecular flexibility index (Phi) is 8.55. The Morgan fingerprint density at radius 1 is 1.00 bits per heavy atom. The third-order valence-electron chi connectivity index (χ3n) is 3.21. The second-order valence-corrected chi connectivity index (χ2v) is 5.40. The van der Waals surface area contributed by atoms with Gasteiger partial charge in [-0.15, -0.1) is 11.6 Å². The smallest absolute Gasteiger partial charge is 0.0402 e. The van der Waals surface area contributed by atoms with E-state index in [4.69, 9.17) is 11.6 Å². The van der Waals surface area contributed by atoms with E-state index in [1.807, 2.05) is 0 Å². The summed E-state index contributed by atoms with van der Waals surface area (Å²) in [5, 5.41) is 0. The van der Waals surface area contributed by atoms with Crippen molar-refractivity contribution in [3.63, 3.8) is 0 Å². The molecule has 0 aliphatic carbocycles. The summed E-state index contributed by atoms with van der Waals surface area (Å²) in [4.78, 5) is 2.37. The van der Waals surface area contributed by atoms with Gasteiger partial charge in [0.2, 0.25) is 0 Å². The zero-order valence-electron chi connectivity index (χ0n) is 11.0. The molecule has 0 aliphatic rings. The highest BCUT2D eigenvalue weighted by Gasteiger charge is 2.21. The lowest BCUT2D eigenvalue weighted by Crippen LogP contribution is -2.43. The van der Waals surface area contributed by atoms with Crippen LogP contribution in [-0.2, 0) is 0 Å². The summed E-state index contributed by atoms with van der Waals surface area (Å²) in [5.74, 6) is 0.708. The quantitative estimate of drug-likeness (QED) is 0.424. The topological polar surface area (TPSA) is 3.24 Å². The van der Waals surface area contributed by atoms with Gasteiger partial charge < -0.3 is 4.90 Å². The molecule has 15 heavy (non-hydrogen) atoms. The Morgan fingerprint density at radius 2 is 1.53 bits per heavy atom. The van der Waals surface area contributed by atoms with Gasteiger partial charge in [0, 0.05) is 11.4 Å². The molecule has 0 unspecified atom stereocenters. The zero-order valence-corrected chi connectivity index (χ0v) is 11.7. The van der Waals surface area contributed by atoms with Crippen molar-refractivity contribution < 1.29 is 0 Å². The van der Waals surface area contributed by atoms with Gasteiger partial charge in [-0.3, -0.25) is 0 Å². The maximum Gasteiger partial charge on any atom is 0.0402 e. The third-order valence-corrected chi connectivity index (χ3v) is 3.86. The number of unbranched alkanes of at least 4 members (excludes halogenated alkanes) is 5. The number of halogens is 1. The normalized spacial score (nSPS) is 12.4. The van der Waals surface area contributed by atoms with Crippen LogP contribution in [0.5, 0.6) is 0 Å². The standard InChI is InChI=1S/C13H28ClN/c1-5-6-7-8-9-10-11-15(4)13(2,3)12-14/h5-12H2,1-4H3. The summed E-state index contributed by atoms with van der Waals surface area (Å²) in [6.45, 7) is 7.84. The maximum absolute atomic E-state index is 5.93. The fourth-order valence-corrected chi connectivity index (χ4v) is 1.74. The van der Waals surface area contributed by atoms with E-state index in [9.17, 15) is 0 Å². The van der Waals surface area contributed by atoms with E-state index in [0.29, 0.717) is 5.88 Å². The van der Waals surface area contributed by atoms with Crippen LogP contribution in [0.1, 0.15) is 59.3 Å². The van der Waals surface area contributed by atoms with Crippen LogP contribution in [0.15, 0.2) is 0 Å². The first-order chi connectivity index (χ1) is 7.04. The lowest BCUT2D eigenvalue weighted by atomic mass is 10.1. The summed E-state index contributed by atoms with van der Waals surface area (Å²) in [6.07, 6.45) is 8.19. The molecule has 0 aromatic heterocycles. The van der Waals surface area contributed by atoms with Crippen LogP contribution >= 0.6 is 11.6 Å². The lowest BCUT2D eigenvalue weighted by Gasteiger charge is -2.33. The van der Waals surface area contributed by atoms with Crippen molar-refractivity contribution >= 4 is 11.6 Å². The number of rotatable bonds is 9. The van der Waals surface area contributed by atoms with Gasteiger partial charge in [0.15, 0.2) is 0 Å². The molecule has 0 N–H and O–H groups in total. The molecule has 0 saturated carbocycles. The maximum atomic E-state index is 5.93. The van der Waals surface area contributed by atoms with Crippen molar-refractivity contribution in [1.29, 1.82) is 0 Å². The third kappa shape index (κ3) is 7.19. The van der Waals surface area contributed by atoms with Crippen LogP contribution in [-0.4, -0.2) is 29.9 Å². The Labute approximate surface area is 101 Å². The van der Waals surface area contributed by atoms with Gasteiger partial charge in [0.05, 0.1) is 0 Å². The van der Waals surface area contributed by atoms with Crippen LogP contribution in [0.2, 0.25) is 0 Å². The second-order valence-electron chi connectivity index (χ2n) is 5.14. The molecular weight excluding hydrogens is 206 g/mol. The van der Waals surface area contributed by atoms with Crippen LogP contribution < -0.4 is 0 Å². The zero-order chi connectivity index (χ0) is 11.7. The van der Waals surface area contributed by atoms with Gasteiger partial charge in [0.25, 0.3) is 0 Å².